The van der Waals surface area contributed by atoms with Gasteiger partial charge in [-0.15, -0.1) is 0 Å². The second-order valence-corrected chi connectivity index (χ2v) is 5.44. The number of furan rings is 1. The fraction of sp³-hybridized carbons (Fsp3) is 0.211. The molecule has 4 nitrogen and oxygen atoms in total. The molecule has 1 aromatic heterocycles. The summed E-state index contributed by atoms with van der Waals surface area (Å²) in [7, 11) is 1.61. The number of hydrogen-bond donors (Lipinski definition) is 1. The van der Waals surface area contributed by atoms with Crippen LogP contribution in [0.3, 0.4) is 0 Å². The van der Waals surface area contributed by atoms with E-state index in [-0.39, 0.29) is 12.0 Å². The van der Waals surface area contributed by atoms with Crippen LogP contribution >= 0.6 is 0 Å². The van der Waals surface area contributed by atoms with Crippen LogP contribution in [0, 0.1) is 6.92 Å². The van der Waals surface area contributed by atoms with Crippen molar-refractivity contribution in [2.24, 2.45) is 0 Å². The number of rotatable bonds is 4. The van der Waals surface area contributed by atoms with Gasteiger partial charge in [0.2, 0.25) is 0 Å². The van der Waals surface area contributed by atoms with Crippen LogP contribution in [0.4, 0.5) is 0 Å². The first-order chi connectivity index (χ1) is 11.1. The molecule has 3 aromatic rings. The van der Waals surface area contributed by atoms with Gasteiger partial charge in [-0.05, 0) is 37.6 Å². The van der Waals surface area contributed by atoms with E-state index in [0.717, 1.165) is 10.9 Å². The van der Waals surface area contributed by atoms with Gasteiger partial charge in [-0.2, -0.15) is 0 Å². The summed E-state index contributed by atoms with van der Waals surface area (Å²) in [6.07, 6.45) is -0.0786. The van der Waals surface area contributed by atoms with Crippen LogP contribution in [0.5, 0.6) is 5.75 Å². The summed E-state index contributed by atoms with van der Waals surface area (Å²) in [6.45, 7) is 3.79. The summed E-state index contributed by atoms with van der Waals surface area (Å²) >= 11 is 0. The molecule has 23 heavy (non-hydrogen) atoms. The maximum Gasteiger partial charge on any atom is 0.255 e. The minimum Gasteiger partial charge on any atom is -0.486 e. The van der Waals surface area contributed by atoms with Gasteiger partial charge in [-0.25, -0.2) is 0 Å². The Kier molecular flexibility index (Phi) is 4.06. The highest BCUT2D eigenvalue weighted by Crippen LogP contribution is 2.31. The summed E-state index contributed by atoms with van der Waals surface area (Å²) in [5.74, 6) is 1.15. The van der Waals surface area contributed by atoms with Crippen LogP contribution < -0.4 is 10.1 Å². The first-order valence-corrected chi connectivity index (χ1v) is 7.57. The Morgan fingerprint density at radius 1 is 1.17 bits per heavy atom. The second kappa shape index (κ2) is 6.16. The lowest BCUT2D eigenvalue weighted by Gasteiger charge is -2.15. The van der Waals surface area contributed by atoms with Gasteiger partial charge in [0.25, 0.3) is 5.91 Å². The zero-order chi connectivity index (χ0) is 16.4. The summed E-state index contributed by atoms with van der Waals surface area (Å²) in [5.41, 5.74) is 2.34. The number of amides is 1. The smallest absolute Gasteiger partial charge is 0.255 e. The normalized spacial score (nSPS) is 12.1. The molecule has 0 fully saturated rings. The third kappa shape index (κ3) is 2.93. The average Bonchev–Trinajstić information content (AvgIpc) is 2.90. The number of carbonyl (C=O) groups excluding carboxylic acids is 1. The fourth-order valence-electron chi connectivity index (χ4n) is 2.68. The summed E-state index contributed by atoms with van der Waals surface area (Å²) in [6, 6.07) is 15.6. The zero-order valence-corrected chi connectivity index (χ0v) is 13.4. The van der Waals surface area contributed by atoms with Gasteiger partial charge in [-0.1, -0.05) is 30.3 Å². The number of hydrogen-bond acceptors (Lipinski definition) is 3. The lowest BCUT2D eigenvalue weighted by molar-refractivity contribution is 0.0963. The van der Waals surface area contributed by atoms with Gasteiger partial charge in [0, 0.05) is 12.4 Å². The molecule has 0 spiro atoms. The molecule has 0 aliphatic carbocycles. The third-order valence-electron chi connectivity index (χ3n) is 3.87. The molecular weight excluding hydrogens is 290 g/mol. The Labute approximate surface area is 135 Å². The van der Waals surface area contributed by atoms with E-state index in [2.05, 4.69) is 5.32 Å². The molecule has 118 valence electrons. The fourth-order valence-corrected chi connectivity index (χ4v) is 2.68. The molecule has 1 N–H and O–H groups in total. The largest absolute Gasteiger partial charge is 0.486 e. The van der Waals surface area contributed by atoms with Gasteiger partial charge in [0.05, 0.1) is 5.56 Å². The molecule has 0 saturated heterocycles. The molecule has 4 heteroatoms. The van der Waals surface area contributed by atoms with Crippen LogP contribution in [0.2, 0.25) is 0 Å². The molecule has 0 aliphatic heterocycles. The highest BCUT2D eigenvalue weighted by molar-refractivity contribution is 6.07. The van der Waals surface area contributed by atoms with Crippen molar-refractivity contribution in [3.8, 4) is 5.75 Å². The molecule has 0 bridgehead atoms. The highest BCUT2D eigenvalue weighted by atomic mass is 16.5. The van der Waals surface area contributed by atoms with Crippen molar-refractivity contribution in [2.45, 2.75) is 20.0 Å². The maximum atomic E-state index is 12.1. The minimum absolute atomic E-state index is 0.0786. The van der Waals surface area contributed by atoms with Crippen LogP contribution in [0.1, 0.15) is 34.7 Å². The molecule has 1 amide bonds. The SMILES string of the molecule is CNC(=O)c1c(C)oc2ccc(OC(C)c3ccccc3)cc12. The van der Waals surface area contributed by atoms with Crippen LogP contribution in [-0.4, -0.2) is 13.0 Å². The van der Waals surface area contributed by atoms with E-state index in [1.165, 1.54) is 0 Å². The summed E-state index contributed by atoms with van der Waals surface area (Å²) in [5, 5.41) is 3.41. The van der Waals surface area contributed by atoms with Crippen molar-refractivity contribution in [2.75, 3.05) is 7.05 Å². The molecule has 0 radical (unpaired) electrons. The van der Waals surface area contributed by atoms with E-state index in [0.29, 0.717) is 22.7 Å². The van der Waals surface area contributed by atoms with Crippen molar-refractivity contribution in [3.63, 3.8) is 0 Å². The monoisotopic (exact) mass is 309 g/mol. The van der Waals surface area contributed by atoms with E-state index < -0.39 is 0 Å². The van der Waals surface area contributed by atoms with Gasteiger partial charge < -0.3 is 14.5 Å². The first-order valence-electron chi connectivity index (χ1n) is 7.57. The second-order valence-electron chi connectivity index (χ2n) is 5.44. The zero-order valence-electron chi connectivity index (χ0n) is 13.4. The predicted octanol–water partition coefficient (Wildman–Crippen LogP) is 4.24. The number of benzene rings is 2. The minimum atomic E-state index is -0.158. The molecule has 1 heterocycles. The first kappa shape index (κ1) is 15.2. The third-order valence-corrected chi connectivity index (χ3v) is 3.87. The van der Waals surface area contributed by atoms with E-state index in [1.54, 1.807) is 14.0 Å². The quantitative estimate of drug-likeness (QED) is 0.784. The molecule has 0 saturated carbocycles. The van der Waals surface area contributed by atoms with Gasteiger partial charge in [0.1, 0.15) is 23.2 Å². The van der Waals surface area contributed by atoms with Gasteiger partial charge in [-0.3, -0.25) is 4.79 Å². The van der Waals surface area contributed by atoms with E-state index >= 15 is 0 Å². The van der Waals surface area contributed by atoms with Crippen molar-refractivity contribution in [3.05, 3.63) is 65.4 Å². The lowest BCUT2D eigenvalue weighted by Crippen LogP contribution is -2.18. The van der Waals surface area contributed by atoms with Crippen molar-refractivity contribution >= 4 is 16.9 Å². The van der Waals surface area contributed by atoms with Gasteiger partial charge >= 0.3 is 0 Å². The van der Waals surface area contributed by atoms with Gasteiger partial charge in [0.15, 0.2) is 0 Å². The number of nitrogens with one attached hydrogen (secondary N) is 1. The molecular formula is C19H19NO3. The molecule has 1 atom stereocenters. The standard InChI is InChI=1S/C19H19NO3/c1-12(14-7-5-4-6-8-14)22-15-9-10-17-16(11-15)18(13(2)23-17)19(21)20-3/h4-12H,1-3H3,(H,20,21). The Hall–Kier alpha value is -2.75. The van der Waals surface area contributed by atoms with E-state index in [4.69, 9.17) is 9.15 Å². The Morgan fingerprint density at radius 3 is 2.61 bits per heavy atom. The molecule has 0 aliphatic rings. The highest BCUT2D eigenvalue weighted by Gasteiger charge is 2.18. The number of aryl methyl sites for hydroxylation is 1. The Morgan fingerprint density at radius 2 is 1.91 bits per heavy atom. The van der Waals surface area contributed by atoms with Crippen molar-refractivity contribution in [1.29, 1.82) is 0 Å². The predicted molar refractivity (Wildman–Crippen MR) is 89.8 cm³/mol. The molecule has 2 aromatic carbocycles. The van der Waals surface area contributed by atoms with Crippen molar-refractivity contribution < 1.29 is 13.9 Å². The molecule has 3 rings (SSSR count). The number of carbonyl (C=O) groups is 1. The van der Waals surface area contributed by atoms with Crippen LogP contribution in [-0.2, 0) is 0 Å². The lowest BCUT2D eigenvalue weighted by atomic mass is 10.1. The Bertz CT molecular complexity index is 836. The number of ether oxygens (including phenoxy) is 1. The Balaban J connectivity index is 1.95. The average molecular weight is 309 g/mol. The molecule has 1 unspecified atom stereocenters. The van der Waals surface area contributed by atoms with E-state index in [9.17, 15) is 4.79 Å². The van der Waals surface area contributed by atoms with Crippen LogP contribution in [0.25, 0.3) is 11.0 Å². The number of fused-ring (bicyclic) bond motifs is 1. The summed E-state index contributed by atoms with van der Waals surface area (Å²) in [4.78, 5) is 12.1. The maximum absolute atomic E-state index is 12.1. The van der Waals surface area contributed by atoms with Crippen LogP contribution in [0.15, 0.2) is 52.9 Å². The topological polar surface area (TPSA) is 51.5 Å². The van der Waals surface area contributed by atoms with Crippen molar-refractivity contribution in [1.82, 2.24) is 5.32 Å². The van der Waals surface area contributed by atoms with E-state index in [1.807, 2.05) is 55.5 Å². The summed E-state index contributed by atoms with van der Waals surface area (Å²) < 4.78 is 11.7.